The molecule has 26 heavy (non-hydrogen) atoms. The highest BCUT2D eigenvalue weighted by atomic mass is 16.7. The van der Waals surface area contributed by atoms with Crippen LogP contribution in [0.25, 0.3) is 22.5 Å². The first-order valence-electron chi connectivity index (χ1n) is 8.39. The zero-order valence-electron chi connectivity index (χ0n) is 14.3. The van der Waals surface area contributed by atoms with E-state index in [2.05, 4.69) is 0 Å². The van der Waals surface area contributed by atoms with Crippen LogP contribution >= 0.6 is 0 Å². The number of nitrogens with zero attached hydrogens (tertiary/aromatic N) is 1. The summed E-state index contributed by atoms with van der Waals surface area (Å²) in [6.45, 7) is 2.32. The number of aromatic nitrogens is 1. The first-order chi connectivity index (χ1) is 12.7. The summed E-state index contributed by atoms with van der Waals surface area (Å²) in [5.74, 6) is 1.01. The normalized spacial score (nSPS) is 12.0. The van der Waals surface area contributed by atoms with Gasteiger partial charge >= 0.3 is 5.97 Å². The molecule has 5 heteroatoms. The van der Waals surface area contributed by atoms with Crippen LogP contribution in [0.1, 0.15) is 17.3 Å². The molecule has 0 saturated carbocycles. The van der Waals surface area contributed by atoms with Crippen molar-refractivity contribution in [2.24, 2.45) is 0 Å². The van der Waals surface area contributed by atoms with Crippen LogP contribution in [-0.4, -0.2) is 24.4 Å². The molecule has 0 amide bonds. The van der Waals surface area contributed by atoms with Gasteiger partial charge in [0.05, 0.1) is 23.6 Å². The van der Waals surface area contributed by atoms with Crippen molar-refractivity contribution in [2.45, 2.75) is 6.92 Å². The molecule has 5 nitrogen and oxygen atoms in total. The number of fused-ring (bicyclic) bond motifs is 1. The number of hydrogen-bond acceptors (Lipinski definition) is 5. The molecule has 3 aromatic rings. The third kappa shape index (κ3) is 3.11. The van der Waals surface area contributed by atoms with E-state index < -0.39 is 0 Å². The fraction of sp³-hybridized carbons (Fsp3) is 0.143. The monoisotopic (exact) mass is 347 g/mol. The summed E-state index contributed by atoms with van der Waals surface area (Å²) in [5.41, 5.74) is 3.63. The summed E-state index contributed by atoms with van der Waals surface area (Å²) in [7, 11) is 0. The van der Waals surface area contributed by atoms with Gasteiger partial charge in [0.2, 0.25) is 6.79 Å². The zero-order chi connectivity index (χ0) is 17.9. The van der Waals surface area contributed by atoms with Gasteiger partial charge in [0.1, 0.15) is 0 Å². The van der Waals surface area contributed by atoms with Gasteiger partial charge in [-0.05, 0) is 37.3 Å². The Kier molecular flexibility index (Phi) is 4.27. The van der Waals surface area contributed by atoms with E-state index in [0.717, 1.165) is 11.1 Å². The van der Waals surface area contributed by atoms with Crippen molar-refractivity contribution in [2.75, 3.05) is 13.4 Å². The van der Waals surface area contributed by atoms with Crippen molar-refractivity contribution in [3.05, 3.63) is 66.2 Å². The lowest BCUT2D eigenvalue weighted by molar-refractivity contribution is 0.0526. The van der Waals surface area contributed by atoms with Crippen molar-refractivity contribution in [1.82, 2.24) is 4.98 Å². The Balaban J connectivity index is 1.83. The zero-order valence-corrected chi connectivity index (χ0v) is 14.3. The third-order valence-electron chi connectivity index (χ3n) is 4.07. The molecule has 0 fully saturated rings. The van der Waals surface area contributed by atoms with E-state index in [1.807, 2.05) is 48.5 Å². The van der Waals surface area contributed by atoms with Gasteiger partial charge in [-0.3, -0.25) is 0 Å². The van der Waals surface area contributed by atoms with E-state index in [9.17, 15) is 4.79 Å². The maximum absolute atomic E-state index is 12.3. The second-order valence-corrected chi connectivity index (χ2v) is 5.78. The summed E-state index contributed by atoms with van der Waals surface area (Å²) in [6, 6.07) is 18.8. The summed E-state index contributed by atoms with van der Waals surface area (Å²) in [4.78, 5) is 17.0. The number of rotatable bonds is 4. The predicted octanol–water partition coefficient (Wildman–Crippen LogP) is 4.32. The summed E-state index contributed by atoms with van der Waals surface area (Å²) >= 11 is 0. The van der Waals surface area contributed by atoms with Crippen molar-refractivity contribution >= 4 is 5.97 Å². The minimum absolute atomic E-state index is 0.213. The fourth-order valence-electron chi connectivity index (χ4n) is 2.82. The second-order valence-electron chi connectivity index (χ2n) is 5.78. The van der Waals surface area contributed by atoms with E-state index in [0.29, 0.717) is 35.1 Å². The highest BCUT2D eigenvalue weighted by molar-refractivity contribution is 5.92. The summed E-state index contributed by atoms with van der Waals surface area (Å²) < 4.78 is 16.0. The quantitative estimate of drug-likeness (QED) is 0.658. The first-order valence-corrected chi connectivity index (χ1v) is 8.39. The van der Waals surface area contributed by atoms with Crippen LogP contribution in [0, 0.1) is 0 Å². The average Bonchev–Trinajstić information content (AvgIpc) is 3.16. The number of carbonyl (C=O) groups is 1. The lowest BCUT2D eigenvalue weighted by atomic mass is 10.0. The van der Waals surface area contributed by atoms with E-state index in [4.69, 9.17) is 19.2 Å². The molecular formula is C21H17NO4. The minimum atomic E-state index is -0.367. The number of pyridine rings is 1. The van der Waals surface area contributed by atoms with Gasteiger partial charge in [0.25, 0.3) is 0 Å². The highest BCUT2D eigenvalue weighted by Gasteiger charge is 2.17. The predicted molar refractivity (Wildman–Crippen MR) is 97.2 cm³/mol. The lowest BCUT2D eigenvalue weighted by Gasteiger charge is -2.10. The van der Waals surface area contributed by atoms with Gasteiger partial charge in [0.15, 0.2) is 11.5 Å². The molecule has 1 aliphatic rings. The molecule has 4 rings (SSSR count). The number of esters is 1. The largest absolute Gasteiger partial charge is 0.462 e. The summed E-state index contributed by atoms with van der Waals surface area (Å²) in [5, 5.41) is 0. The molecule has 0 aliphatic carbocycles. The SMILES string of the molecule is CCOC(=O)c1cc(-c2ccccc2)nc(-c2ccc3c(c2)OCO3)c1. The van der Waals surface area contributed by atoms with Crippen LogP contribution in [0.4, 0.5) is 0 Å². The van der Waals surface area contributed by atoms with Gasteiger partial charge in [-0.1, -0.05) is 30.3 Å². The molecule has 0 N–H and O–H groups in total. The number of hydrogen-bond donors (Lipinski definition) is 0. The number of ether oxygens (including phenoxy) is 3. The molecule has 1 aliphatic heterocycles. The van der Waals surface area contributed by atoms with E-state index in [-0.39, 0.29) is 12.8 Å². The van der Waals surface area contributed by atoms with Crippen molar-refractivity contribution in [3.8, 4) is 34.0 Å². The molecule has 0 unspecified atom stereocenters. The Morgan fingerprint density at radius 3 is 2.46 bits per heavy atom. The van der Waals surface area contributed by atoms with Gasteiger partial charge in [-0.2, -0.15) is 0 Å². The highest BCUT2D eigenvalue weighted by Crippen LogP contribution is 2.36. The molecule has 0 atom stereocenters. The molecule has 1 aromatic heterocycles. The number of benzene rings is 2. The molecule has 0 saturated heterocycles. The van der Waals surface area contributed by atoms with E-state index in [1.165, 1.54) is 0 Å². The second kappa shape index (κ2) is 6.88. The van der Waals surface area contributed by atoms with Crippen LogP contribution < -0.4 is 9.47 Å². The Morgan fingerprint density at radius 1 is 0.962 bits per heavy atom. The molecule has 2 heterocycles. The molecular weight excluding hydrogens is 330 g/mol. The Hall–Kier alpha value is -3.34. The fourth-order valence-corrected chi connectivity index (χ4v) is 2.82. The van der Waals surface area contributed by atoms with Crippen LogP contribution in [-0.2, 0) is 4.74 Å². The van der Waals surface area contributed by atoms with E-state index >= 15 is 0 Å². The Morgan fingerprint density at radius 2 is 1.69 bits per heavy atom. The van der Waals surface area contributed by atoms with Crippen molar-refractivity contribution in [3.63, 3.8) is 0 Å². The van der Waals surface area contributed by atoms with Gasteiger partial charge in [-0.25, -0.2) is 9.78 Å². The van der Waals surface area contributed by atoms with E-state index in [1.54, 1.807) is 19.1 Å². The van der Waals surface area contributed by atoms with Gasteiger partial charge in [-0.15, -0.1) is 0 Å². The van der Waals surface area contributed by atoms with Crippen LogP contribution in [0.5, 0.6) is 11.5 Å². The Labute approximate surface area is 151 Å². The standard InChI is InChI=1S/C21H17NO4/c1-2-24-21(23)16-10-17(14-6-4-3-5-7-14)22-18(11-16)15-8-9-19-20(12-15)26-13-25-19/h3-12H,2,13H2,1H3. The average molecular weight is 347 g/mol. The Bertz CT molecular complexity index is 953. The molecule has 130 valence electrons. The van der Waals surface area contributed by atoms with Crippen LogP contribution in [0.3, 0.4) is 0 Å². The molecule has 2 aromatic carbocycles. The maximum atomic E-state index is 12.3. The number of carbonyl (C=O) groups excluding carboxylic acids is 1. The van der Waals surface area contributed by atoms with Crippen LogP contribution in [0.2, 0.25) is 0 Å². The molecule has 0 radical (unpaired) electrons. The summed E-state index contributed by atoms with van der Waals surface area (Å²) in [6.07, 6.45) is 0. The minimum Gasteiger partial charge on any atom is -0.462 e. The molecule has 0 bridgehead atoms. The van der Waals surface area contributed by atoms with Gasteiger partial charge < -0.3 is 14.2 Å². The van der Waals surface area contributed by atoms with Gasteiger partial charge in [0, 0.05) is 11.1 Å². The third-order valence-corrected chi connectivity index (χ3v) is 4.07. The van der Waals surface area contributed by atoms with Crippen LogP contribution in [0.15, 0.2) is 60.7 Å². The maximum Gasteiger partial charge on any atom is 0.338 e. The van der Waals surface area contributed by atoms with Crippen molar-refractivity contribution in [1.29, 1.82) is 0 Å². The topological polar surface area (TPSA) is 57.7 Å². The first kappa shape index (κ1) is 16.1. The smallest absolute Gasteiger partial charge is 0.338 e. The molecule has 0 spiro atoms. The van der Waals surface area contributed by atoms with Crippen molar-refractivity contribution < 1.29 is 19.0 Å². The lowest BCUT2D eigenvalue weighted by Crippen LogP contribution is -2.06.